The van der Waals surface area contributed by atoms with E-state index in [1.807, 2.05) is 0 Å². The fourth-order valence-electron chi connectivity index (χ4n) is 0.910. The van der Waals surface area contributed by atoms with Crippen molar-refractivity contribution in [3.05, 3.63) is 18.6 Å². The van der Waals surface area contributed by atoms with Crippen molar-refractivity contribution >= 4 is 23.3 Å². The number of aromatic nitrogens is 4. The van der Waals surface area contributed by atoms with E-state index >= 15 is 0 Å². The van der Waals surface area contributed by atoms with Gasteiger partial charge in [-0.05, 0) is 17.3 Å². The molecular weight excluding hydrogens is 216 g/mol. The number of nitrogens with zero attached hydrogens (tertiary/aromatic N) is 4. The lowest BCUT2D eigenvalue weighted by Crippen LogP contribution is -1.85. The minimum absolute atomic E-state index is 0.666. The molecule has 14 heavy (non-hydrogen) atoms. The van der Waals surface area contributed by atoms with Crippen LogP contribution in [0.5, 0.6) is 0 Å². The van der Waals surface area contributed by atoms with E-state index in [-0.39, 0.29) is 0 Å². The van der Waals surface area contributed by atoms with Crippen LogP contribution in [0.25, 0.3) is 11.5 Å². The highest BCUT2D eigenvalue weighted by Gasteiger charge is 2.06. The minimum Gasteiger partial charge on any atom is -0.261 e. The third-order valence-electron chi connectivity index (χ3n) is 1.47. The normalized spacial score (nSPS) is 10.4. The Bertz CT molecular complexity index is 401. The largest absolute Gasteiger partial charge is 0.261 e. The molecule has 2 heterocycles. The summed E-state index contributed by atoms with van der Waals surface area (Å²) < 4.78 is 5.19. The highest BCUT2D eigenvalue weighted by Crippen LogP contribution is 2.23. The summed E-state index contributed by atoms with van der Waals surface area (Å²) in [7, 11) is 0. The summed E-state index contributed by atoms with van der Waals surface area (Å²) in [5.74, 6) is 1.67. The summed E-state index contributed by atoms with van der Waals surface area (Å²) >= 11 is 3.09. The van der Waals surface area contributed by atoms with Crippen LogP contribution in [0.15, 0.2) is 22.9 Å². The highest BCUT2D eigenvalue weighted by molar-refractivity contribution is 8.00. The summed E-state index contributed by atoms with van der Waals surface area (Å²) in [6.07, 6.45) is 4.95. The molecule has 2 rings (SSSR count). The first kappa shape index (κ1) is 9.54. The highest BCUT2D eigenvalue weighted by atomic mass is 32.2. The maximum absolute atomic E-state index is 4.34. The number of hydrogen-bond donors (Lipinski definition) is 0. The topological polar surface area (TPSA) is 51.6 Å². The SMILES string of the molecule is CCSc1nc(-c2cnccn2)ns1. The van der Waals surface area contributed by atoms with Gasteiger partial charge < -0.3 is 0 Å². The number of hydrogen-bond acceptors (Lipinski definition) is 6. The third-order valence-corrected chi connectivity index (χ3v) is 3.18. The Morgan fingerprint density at radius 1 is 1.43 bits per heavy atom. The van der Waals surface area contributed by atoms with Gasteiger partial charge in [-0.1, -0.05) is 18.7 Å². The molecule has 0 spiro atoms. The summed E-state index contributed by atoms with van der Waals surface area (Å²) in [5.41, 5.74) is 0.728. The van der Waals surface area contributed by atoms with Gasteiger partial charge in [0.15, 0.2) is 10.2 Å². The van der Waals surface area contributed by atoms with E-state index < -0.39 is 0 Å². The predicted molar refractivity (Wildman–Crippen MR) is 57.3 cm³/mol. The Morgan fingerprint density at radius 2 is 2.36 bits per heavy atom. The lowest BCUT2D eigenvalue weighted by molar-refractivity contribution is 1.14. The van der Waals surface area contributed by atoms with Crippen molar-refractivity contribution in [1.29, 1.82) is 0 Å². The van der Waals surface area contributed by atoms with E-state index in [1.54, 1.807) is 30.4 Å². The quantitative estimate of drug-likeness (QED) is 0.747. The summed E-state index contributed by atoms with van der Waals surface area (Å²) in [5, 5.41) is 0. The van der Waals surface area contributed by atoms with Crippen molar-refractivity contribution in [1.82, 2.24) is 19.3 Å². The number of thioether (sulfide) groups is 1. The van der Waals surface area contributed by atoms with Crippen LogP contribution < -0.4 is 0 Å². The van der Waals surface area contributed by atoms with Gasteiger partial charge in [0.25, 0.3) is 0 Å². The van der Waals surface area contributed by atoms with Crippen LogP contribution in [0, 0.1) is 0 Å². The molecule has 0 N–H and O–H groups in total. The molecular formula is C8H8N4S2. The molecule has 72 valence electrons. The van der Waals surface area contributed by atoms with Crippen LogP contribution in [0.4, 0.5) is 0 Å². The molecule has 0 radical (unpaired) electrons. The van der Waals surface area contributed by atoms with Crippen molar-refractivity contribution in [2.45, 2.75) is 11.3 Å². The van der Waals surface area contributed by atoms with Gasteiger partial charge in [-0.3, -0.25) is 4.98 Å². The van der Waals surface area contributed by atoms with Gasteiger partial charge in [0.05, 0.1) is 6.20 Å². The van der Waals surface area contributed by atoms with Gasteiger partial charge in [-0.2, -0.15) is 4.37 Å². The second-order valence-electron chi connectivity index (χ2n) is 2.41. The van der Waals surface area contributed by atoms with E-state index in [9.17, 15) is 0 Å². The molecule has 6 heteroatoms. The number of rotatable bonds is 3. The molecule has 4 nitrogen and oxygen atoms in total. The molecule has 2 aromatic rings. The van der Waals surface area contributed by atoms with Crippen molar-refractivity contribution < 1.29 is 0 Å². The second kappa shape index (κ2) is 4.47. The van der Waals surface area contributed by atoms with Gasteiger partial charge in [0.1, 0.15) is 5.69 Å². The molecule has 0 aromatic carbocycles. The molecule has 0 atom stereocenters. The molecule has 0 unspecified atom stereocenters. The van der Waals surface area contributed by atoms with E-state index in [4.69, 9.17) is 0 Å². The van der Waals surface area contributed by atoms with E-state index in [2.05, 4.69) is 26.2 Å². The second-order valence-corrected chi connectivity index (χ2v) is 4.67. The molecule has 0 bridgehead atoms. The standard InChI is InChI=1S/C8H8N4S2/c1-2-13-8-11-7(12-14-8)6-5-9-3-4-10-6/h3-5H,2H2,1H3. The fraction of sp³-hybridized carbons (Fsp3) is 0.250. The van der Waals surface area contributed by atoms with Crippen molar-refractivity contribution in [3.63, 3.8) is 0 Å². The Labute approximate surface area is 90.0 Å². The van der Waals surface area contributed by atoms with Crippen molar-refractivity contribution in [2.75, 3.05) is 5.75 Å². The summed E-state index contributed by atoms with van der Waals surface area (Å²) in [6.45, 7) is 2.09. The van der Waals surface area contributed by atoms with Crippen LogP contribution in [-0.4, -0.2) is 25.1 Å². The van der Waals surface area contributed by atoms with Crippen LogP contribution in [0.3, 0.4) is 0 Å². The lowest BCUT2D eigenvalue weighted by Gasteiger charge is -1.90. The molecule has 2 aromatic heterocycles. The van der Waals surface area contributed by atoms with E-state index in [0.717, 1.165) is 15.8 Å². The summed E-state index contributed by atoms with van der Waals surface area (Å²) in [6, 6.07) is 0. The van der Waals surface area contributed by atoms with Gasteiger partial charge in [0.2, 0.25) is 0 Å². The maximum atomic E-state index is 4.34. The van der Waals surface area contributed by atoms with Crippen LogP contribution in [0.1, 0.15) is 6.92 Å². The van der Waals surface area contributed by atoms with Gasteiger partial charge in [-0.25, -0.2) is 9.97 Å². The van der Waals surface area contributed by atoms with Crippen LogP contribution in [-0.2, 0) is 0 Å². The maximum Gasteiger partial charge on any atom is 0.194 e. The predicted octanol–water partition coefficient (Wildman–Crippen LogP) is 2.11. The zero-order valence-corrected chi connectivity index (χ0v) is 9.18. The first-order chi connectivity index (χ1) is 6.90. The van der Waals surface area contributed by atoms with Crippen molar-refractivity contribution in [2.24, 2.45) is 0 Å². The zero-order valence-electron chi connectivity index (χ0n) is 7.54. The van der Waals surface area contributed by atoms with E-state index in [1.165, 1.54) is 11.5 Å². The molecule has 0 saturated carbocycles. The van der Waals surface area contributed by atoms with E-state index in [0.29, 0.717) is 5.82 Å². The smallest absolute Gasteiger partial charge is 0.194 e. The Hall–Kier alpha value is -1.01. The van der Waals surface area contributed by atoms with Gasteiger partial charge in [0, 0.05) is 12.4 Å². The summed E-state index contributed by atoms with van der Waals surface area (Å²) in [4.78, 5) is 12.4. The van der Waals surface area contributed by atoms with Crippen molar-refractivity contribution in [3.8, 4) is 11.5 Å². The first-order valence-electron chi connectivity index (χ1n) is 4.13. The van der Waals surface area contributed by atoms with Gasteiger partial charge in [-0.15, -0.1) is 0 Å². The Morgan fingerprint density at radius 3 is 3.07 bits per heavy atom. The molecule has 0 fully saturated rings. The Balaban J connectivity index is 2.25. The molecule has 0 aliphatic heterocycles. The molecule has 0 aliphatic rings. The van der Waals surface area contributed by atoms with Crippen LogP contribution in [0.2, 0.25) is 0 Å². The molecule has 0 aliphatic carbocycles. The molecule has 0 amide bonds. The Kier molecular flexibility index (Phi) is 3.05. The zero-order chi connectivity index (χ0) is 9.80. The fourth-order valence-corrected chi connectivity index (χ4v) is 2.41. The monoisotopic (exact) mass is 224 g/mol. The van der Waals surface area contributed by atoms with Gasteiger partial charge >= 0.3 is 0 Å². The van der Waals surface area contributed by atoms with Crippen LogP contribution >= 0.6 is 23.3 Å². The lowest BCUT2D eigenvalue weighted by atomic mass is 10.4. The molecule has 0 saturated heterocycles. The first-order valence-corrected chi connectivity index (χ1v) is 5.89. The minimum atomic E-state index is 0.666. The average molecular weight is 224 g/mol. The third kappa shape index (κ3) is 2.08. The average Bonchev–Trinajstić information content (AvgIpc) is 2.68.